The lowest BCUT2D eigenvalue weighted by Gasteiger charge is -2.33. The summed E-state index contributed by atoms with van der Waals surface area (Å²) in [6.07, 6.45) is 0. The predicted octanol–water partition coefficient (Wildman–Crippen LogP) is 0.699. The van der Waals surface area contributed by atoms with Crippen molar-refractivity contribution in [1.82, 2.24) is 14.7 Å². The highest BCUT2D eigenvalue weighted by molar-refractivity contribution is 4.86. The van der Waals surface area contributed by atoms with E-state index in [1.54, 1.807) is 0 Å². The van der Waals surface area contributed by atoms with Gasteiger partial charge in [-0.2, -0.15) is 0 Å². The molecule has 0 aromatic rings. The van der Waals surface area contributed by atoms with Crippen molar-refractivity contribution in [3.8, 4) is 0 Å². The molecule has 82 valence electrons. The molecule has 0 aromatic heterocycles. The van der Waals surface area contributed by atoms with Crippen molar-refractivity contribution in [3.63, 3.8) is 0 Å². The van der Waals surface area contributed by atoms with E-state index in [2.05, 4.69) is 42.3 Å². The largest absolute Gasteiger partial charge is 0.377 e. The summed E-state index contributed by atoms with van der Waals surface area (Å²) >= 11 is 0. The van der Waals surface area contributed by atoms with Gasteiger partial charge < -0.3 is 9.80 Å². The van der Waals surface area contributed by atoms with Crippen LogP contribution in [0.2, 0.25) is 0 Å². The Morgan fingerprint density at radius 1 is 1.29 bits per heavy atom. The number of rotatable bonds is 4. The maximum absolute atomic E-state index is 3.93. The summed E-state index contributed by atoms with van der Waals surface area (Å²) in [5.74, 6) is 0. The van der Waals surface area contributed by atoms with Crippen molar-refractivity contribution < 1.29 is 0 Å². The summed E-state index contributed by atoms with van der Waals surface area (Å²) in [5, 5.41) is 0. The Morgan fingerprint density at radius 2 is 1.86 bits per heavy atom. The van der Waals surface area contributed by atoms with E-state index in [4.69, 9.17) is 0 Å². The van der Waals surface area contributed by atoms with Crippen LogP contribution in [0, 0.1) is 0 Å². The molecule has 1 aliphatic heterocycles. The number of allylic oxidation sites excluding steroid dienone is 1. The SMILES string of the molecule is C=C(C)N(C)CCN1CCN(C)CC1. The Hall–Kier alpha value is -0.540. The molecule has 1 saturated heterocycles. The van der Waals surface area contributed by atoms with Gasteiger partial charge in [0.25, 0.3) is 0 Å². The van der Waals surface area contributed by atoms with Crippen LogP contribution in [-0.4, -0.2) is 68.1 Å². The second-order valence-corrected chi connectivity index (χ2v) is 4.30. The van der Waals surface area contributed by atoms with E-state index in [1.807, 2.05) is 0 Å². The quantitative estimate of drug-likeness (QED) is 0.657. The van der Waals surface area contributed by atoms with Crippen molar-refractivity contribution in [1.29, 1.82) is 0 Å². The van der Waals surface area contributed by atoms with E-state index in [9.17, 15) is 0 Å². The van der Waals surface area contributed by atoms with E-state index >= 15 is 0 Å². The van der Waals surface area contributed by atoms with Crippen LogP contribution in [0.5, 0.6) is 0 Å². The van der Waals surface area contributed by atoms with Gasteiger partial charge in [0.05, 0.1) is 0 Å². The third-order valence-corrected chi connectivity index (χ3v) is 3.00. The first-order valence-electron chi connectivity index (χ1n) is 5.37. The zero-order valence-corrected chi connectivity index (χ0v) is 9.79. The second-order valence-electron chi connectivity index (χ2n) is 4.30. The van der Waals surface area contributed by atoms with E-state index < -0.39 is 0 Å². The van der Waals surface area contributed by atoms with Crippen molar-refractivity contribution >= 4 is 0 Å². The maximum Gasteiger partial charge on any atom is 0.0299 e. The van der Waals surface area contributed by atoms with Gasteiger partial charge in [-0.1, -0.05) is 6.58 Å². The highest BCUT2D eigenvalue weighted by Crippen LogP contribution is 2.01. The van der Waals surface area contributed by atoms with E-state index in [-0.39, 0.29) is 0 Å². The normalized spacial score (nSPS) is 19.6. The standard InChI is InChI=1S/C11H23N3/c1-11(2)13(4)7-10-14-8-5-12(3)6-9-14/h1,5-10H2,2-4H3. The average Bonchev–Trinajstić information content (AvgIpc) is 2.16. The molecule has 0 amide bonds. The molecule has 1 aliphatic rings. The molecule has 1 rings (SSSR count). The molecule has 0 bridgehead atoms. The summed E-state index contributed by atoms with van der Waals surface area (Å²) in [5.41, 5.74) is 1.15. The molecule has 0 spiro atoms. The van der Waals surface area contributed by atoms with Gasteiger partial charge in [0.15, 0.2) is 0 Å². The van der Waals surface area contributed by atoms with Gasteiger partial charge in [-0.05, 0) is 14.0 Å². The first-order chi connectivity index (χ1) is 6.59. The van der Waals surface area contributed by atoms with Gasteiger partial charge in [0.1, 0.15) is 0 Å². The average molecular weight is 197 g/mol. The van der Waals surface area contributed by atoms with Gasteiger partial charge in [-0.3, -0.25) is 4.90 Å². The molecular weight excluding hydrogens is 174 g/mol. The third kappa shape index (κ3) is 3.68. The maximum atomic E-state index is 3.93. The Labute approximate surface area is 88.0 Å². The molecule has 0 aromatic carbocycles. The lowest BCUT2D eigenvalue weighted by Crippen LogP contribution is -2.46. The molecule has 14 heavy (non-hydrogen) atoms. The molecule has 0 atom stereocenters. The minimum atomic E-state index is 1.10. The monoisotopic (exact) mass is 197 g/mol. The van der Waals surface area contributed by atoms with Crippen LogP contribution in [-0.2, 0) is 0 Å². The van der Waals surface area contributed by atoms with Crippen LogP contribution in [0.1, 0.15) is 6.92 Å². The molecule has 0 aliphatic carbocycles. The predicted molar refractivity (Wildman–Crippen MR) is 61.4 cm³/mol. The summed E-state index contributed by atoms with van der Waals surface area (Å²) in [4.78, 5) is 7.14. The summed E-state index contributed by atoms with van der Waals surface area (Å²) in [6, 6.07) is 0. The van der Waals surface area contributed by atoms with Gasteiger partial charge in [-0.15, -0.1) is 0 Å². The van der Waals surface area contributed by atoms with E-state index in [1.165, 1.54) is 26.2 Å². The van der Waals surface area contributed by atoms with Crippen LogP contribution in [0.4, 0.5) is 0 Å². The smallest absolute Gasteiger partial charge is 0.0299 e. The van der Waals surface area contributed by atoms with Gasteiger partial charge >= 0.3 is 0 Å². The van der Waals surface area contributed by atoms with Crippen LogP contribution in [0.25, 0.3) is 0 Å². The molecule has 3 nitrogen and oxygen atoms in total. The fourth-order valence-corrected chi connectivity index (χ4v) is 1.55. The number of hydrogen-bond donors (Lipinski definition) is 0. The Morgan fingerprint density at radius 3 is 2.36 bits per heavy atom. The molecule has 0 N–H and O–H groups in total. The molecule has 0 saturated carbocycles. The summed E-state index contributed by atoms with van der Waals surface area (Å²) in [6.45, 7) is 13.1. The molecule has 1 fully saturated rings. The van der Waals surface area contributed by atoms with Crippen LogP contribution in [0.15, 0.2) is 12.3 Å². The Bertz CT molecular complexity index is 183. The number of piperazine rings is 1. The van der Waals surface area contributed by atoms with Crippen LogP contribution in [0.3, 0.4) is 0 Å². The lowest BCUT2D eigenvalue weighted by atomic mass is 10.3. The zero-order chi connectivity index (χ0) is 10.6. The van der Waals surface area contributed by atoms with Gasteiger partial charge in [-0.25, -0.2) is 0 Å². The number of hydrogen-bond acceptors (Lipinski definition) is 3. The van der Waals surface area contributed by atoms with Gasteiger partial charge in [0.2, 0.25) is 0 Å². The van der Waals surface area contributed by atoms with Crippen molar-refractivity contribution in [2.24, 2.45) is 0 Å². The Balaban J connectivity index is 2.16. The van der Waals surface area contributed by atoms with Crippen LogP contribution >= 0.6 is 0 Å². The third-order valence-electron chi connectivity index (χ3n) is 3.00. The van der Waals surface area contributed by atoms with E-state index in [0.29, 0.717) is 0 Å². The molecule has 0 unspecified atom stereocenters. The molecule has 1 heterocycles. The minimum Gasteiger partial charge on any atom is -0.377 e. The highest BCUT2D eigenvalue weighted by atomic mass is 15.3. The molecule has 0 radical (unpaired) electrons. The van der Waals surface area contributed by atoms with Crippen molar-refractivity contribution in [2.45, 2.75) is 6.92 Å². The first kappa shape index (κ1) is 11.5. The molecular formula is C11H23N3. The Kier molecular flexibility index (Phi) is 4.42. The van der Waals surface area contributed by atoms with E-state index in [0.717, 1.165) is 18.8 Å². The van der Waals surface area contributed by atoms with Crippen LogP contribution < -0.4 is 0 Å². The zero-order valence-electron chi connectivity index (χ0n) is 9.79. The summed E-state index contributed by atoms with van der Waals surface area (Å²) in [7, 11) is 4.30. The second kappa shape index (κ2) is 5.37. The fraction of sp³-hybridized carbons (Fsp3) is 0.818. The number of nitrogens with zero attached hydrogens (tertiary/aromatic N) is 3. The first-order valence-corrected chi connectivity index (χ1v) is 5.37. The minimum absolute atomic E-state index is 1.10. The topological polar surface area (TPSA) is 9.72 Å². The highest BCUT2D eigenvalue weighted by Gasteiger charge is 2.13. The lowest BCUT2D eigenvalue weighted by molar-refractivity contribution is 0.145. The van der Waals surface area contributed by atoms with Crippen molar-refractivity contribution in [3.05, 3.63) is 12.3 Å². The van der Waals surface area contributed by atoms with Gasteiger partial charge in [0, 0.05) is 52.0 Å². The van der Waals surface area contributed by atoms with Crippen molar-refractivity contribution in [2.75, 3.05) is 53.4 Å². The fourth-order valence-electron chi connectivity index (χ4n) is 1.55. The summed E-state index contributed by atoms with van der Waals surface area (Å²) < 4.78 is 0. The molecule has 3 heteroatoms. The number of likely N-dealkylation sites (N-methyl/N-ethyl adjacent to an activating group) is 2.